The van der Waals surface area contributed by atoms with Crippen LogP contribution in [0.1, 0.15) is 27.2 Å². The number of rotatable bonds is 3. The van der Waals surface area contributed by atoms with Gasteiger partial charge in [0, 0.05) is 13.0 Å². The van der Waals surface area contributed by atoms with E-state index in [1.807, 2.05) is 0 Å². The minimum Gasteiger partial charge on any atom is -0.416 e. The molecule has 0 N–H and O–H groups in total. The standard InChI is InChI=1S/C15H23BrOSi/c1-15(2,3)18(4,5)17-14-12-10-8-6-7-9-11-13-16/h6-7H,12-14H2,1-5H3/b7-6-. The quantitative estimate of drug-likeness (QED) is 0.324. The van der Waals surface area contributed by atoms with Crippen LogP contribution in [0.15, 0.2) is 12.2 Å². The maximum atomic E-state index is 6.02. The molecule has 100 valence electrons. The smallest absolute Gasteiger partial charge is 0.192 e. The fraction of sp³-hybridized carbons (Fsp3) is 0.600. The van der Waals surface area contributed by atoms with Gasteiger partial charge in [0.05, 0.1) is 5.33 Å². The van der Waals surface area contributed by atoms with E-state index in [-0.39, 0.29) is 5.04 Å². The van der Waals surface area contributed by atoms with E-state index in [2.05, 4.69) is 73.5 Å². The zero-order valence-corrected chi connectivity index (χ0v) is 14.6. The molecule has 0 bridgehead atoms. The third-order valence-electron chi connectivity index (χ3n) is 3.02. The summed E-state index contributed by atoms with van der Waals surface area (Å²) >= 11 is 3.23. The summed E-state index contributed by atoms with van der Waals surface area (Å²) in [5.74, 6) is 11.8. The summed E-state index contributed by atoms with van der Waals surface area (Å²) in [5.41, 5.74) is 0. The van der Waals surface area contributed by atoms with Crippen LogP contribution in [0.4, 0.5) is 0 Å². The van der Waals surface area contributed by atoms with Crippen molar-refractivity contribution in [2.45, 2.75) is 45.3 Å². The molecular formula is C15H23BrOSi. The molecule has 0 aliphatic rings. The highest BCUT2D eigenvalue weighted by molar-refractivity contribution is 9.09. The summed E-state index contributed by atoms with van der Waals surface area (Å²) in [7, 11) is -1.60. The van der Waals surface area contributed by atoms with E-state index >= 15 is 0 Å². The van der Waals surface area contributed by atoms with Gasteiger partial charge in [0.2, 0.25) is 0 Å². The number of hydrogen-bond donors (Lipinski definition) is 0. The van der Waals surface area contributed by atoms with Crippen LogP contribution in [0.3, 0.4) is 0 Å². The van der Waals surface area contributed by atoms with E-state index in [9.17, 15) is 0 Å². The predicted molar refractivity (Wildman–Crippen MR) is 86.3 cm³/mol. The van der Waals surface area contributed by atoms with Crippen molar-refractivity contribution in [3.05, 3.63) is 12.2 Å². The monoisotopic (exact) mass is 326 g/mol. The number of alkyl halides is 1. The molecule has 0 rings (SSSR count). The normalized spacial score (nSPS) is 11.7. The average Bonchev–Trinajstić information content (AvgIpc) is 2.25. The van der Waals surface area contributed by atoms with Gasteiger partial charge >= 0.3 is 0 Å². The highest BCUT2D eigenvalue weighted by atomic mass is 79.9. The number of hydrogen-bond acceptors (Lipinski definition) is 1. The molecule has 0 aromatic rings. The second kappa shape index (κ2) is 8.59. The van der Waals surface area contributed by atoms with Crippen molar-refractivity contribution in [1.29, 1.82) is 0 Å². The Morgan fingerprint density at radius 3 is 2.17 bits per heavy atom. The minimum atomic E-state index is -1.60. The molecule has 0 amide bonds. The molecule has 0 radical (unpaired) electrons. The second-order valence-corrected chi connectivity index (χ2v) is 10.8. The lowest BCUT2D eigenvalue weighted by molar-refractivity contribution is 0.296. The molecule has 18 heavy (non-hydrogen) atoms. The summed E-state index contributed by atoms with van der Waals surface area (Å²) < 4.78 is 6.02. The Hall–Kier alpha value is -0.483. The molecule has 0 saturated heterocycles. The topological polar surface area (TPSA) is 9.23 Å². The summed E-state index contributed by atoms with van der Waals surface area (Å²) in [6.45, 7) is 12.0. The molecule has 0 aliphatic heterocycles. The van der Waals surface area contributed by atoms with Crippen LogP contribution in [0.2, 0.25) is 18.1 Å². The van der Waals surface area contributed by atoms with Gasteiger partial charge in [0.15, 0.2) is 8.32 Å². The molecule has 0 unspecified atom stereocenters. The van der Waals surface area contributed by atoms with E-state index in [0.717, 1.165) is 13.0 Å². The van der Waals surface area contributed by atoms with Gasteiger partial charge < -0.3 is 4.43 Å². The second-order valence-electron chi connectivity index (χ2n) is 5.47. The molecule has 0 spiro atoms. The van der Waals surface area contributed by atoms with Crippen molar-refractivity contribution in [1.82, 2.24) is 0 Å². The van der Waals surface area contributed by atoms with E-state index in [1.54, 1.807) is 12.2 Å². The first-order valence-corrected chi connectivity index (χ1v) is 10.2. The molecule has 0 saturated carbocycles. The molecular weight excluding hydrogens is 304 g/mol. The summed E-state index contributed by atoms with van der Waals surface area (Å²) in [5, 5.41) is 0.969. The van der Waals surface area contributed by atoms with Gasteiger partial charge in [-0.15, -0.1) is 0 Å². The van der Waals surface area contributed by atoms with E-state index in [1.165, 1.54) is 0 Å². The molecule has 0 fully saturated rings. The molecule has 0 aromatic heterocycles. The van der Waals surface area contributed by atoms with Crippen molar-refractivity contribution >= 4 is 24.2 Å². The van der Waals surface area contributed by atoms with Crippen LogP contribution in [0.5, 0.6) is 0 Å². The van der Waals surface area contributed by atoms with Crippen LogP contribution >= 0.6 is 15.9 Å². The Balaban J connectivity index is 3.95. The van der Waals surface area contributed by atoms with Gasteiger partial charge in [0.25, 0.3) is 0 Å². The largest absolute Gasteiger partial charge is 0.416 e. The van der Waals surface area contributed by atoms with Gasteiger partial charge in [0.1, 0.15) is 0 Å². The lowest BCUT2D eigenvalue weighted by Gasteiger charge is -2.35. The summed E-state index contributed by atoms with van der Waals surface area (Å²) in [6.07, 6.45) is 4.33. The van der Waals surface area contributed by atoms with E-state index < -0.39 is 8.32 Å². The minimum absolute atomic E-state index is 0.269. The lowest BCUT2D eigenvalue weighted by Crippen LogP contribution is -2.40. The van der Waals surface area contributed by atoms with Crippen LogP contribution in [-0.2, 0) is 4.43 Å². The van der Waals surface area contributed by atoms with Crippen LogP contribution in [0.25, 0.3) is 0 Å². The van der Waals surface area contributed by atoms with Crippen molar-refractivity contribution in [3.8, 4) is 23.7 Å². The molecule has 0 heterocycles. The van der Waals surface area contributed by atoms with Gasteiger partial charge in [-0.1, -0.05) is 60.4 Å². The number of allylic oxidation sites excluding steroid dienone is 2. The zero-order chi connectivity index (χ0) is 14.1. The molecule has 0 atom stereocenters. The first kappa shape index (κ1) is 17.5. The molecule has 3 heteroatoms. The Morgan fingerprint density at radius 1 is 1.11 bits per heavy atom. The maximum absolute atomic E-state index is 6.02. The Labute approximate surface area is 122 Å². The van der Waals surface area contributed by atoms with Crippen molar-refractivity contribution in [2.24, 2.45) is 0 Å². The first-order valence-electron chi connectivity index (χ1n) is 6.13. The van der Waals surface area contributed by atoms with Gasteiger partial charge in [-0.2, -0.15) is 0 Å². The third kappa shape index (κ3) is 7.77. The van der Waals surface area contributed by atoms with Crippen molar-refractivity contribution in [2.75, 3.05) is 11.9 Å². The van der Waals surface area contributed by atoms with Crippen LogP contribution in [-0.4, -0.2) is 20.3 Å². The Kier molecular flexibility index (Phi) is 8.36. The highest BCUT2D eigenvalue weighted by Gasteiger charge is 2.36. The van der Waals surface area contributed by atoms with Gasteiger partial charge in [-0.3, -0.25) is 0 Å². The molecule has 1 nitrogen and oxygen atoms in total. The average molecular weight is 327 g/mol. The summed E-state index contributed by atoms with van der Waals surface area (Å²) in [6, 6.07) is 0. The Bertz CT molecular complexity index is 383. The predicted octanol–water partition coefficient (Wildman–Crippen LogP) is 4.36. The first-order chi connectivity index (χ1) is 8.31. The fourth-order valence-corrected chi connectivity index (χ4v) is 2.09. The maximum Gasteiger partial charge on any atom is 0.192 e. The third-order valence-corrected chi connectivity index (χ3v) is 7.84. The zero-order valence-electron chi connectivity index (χ0n) is 12.1. The molecule has 0 aliphatic carbocycles. The summed E-state index contributed by atoms with van der Waals surface area (Å²) in [4.78, 5) is 0. The van der Waals surface area contributed by atoms with E-state index in [0.29, 0.717) is 5.33 Å². The van der Waals surface area contributed by atoms with E-state index in [4.69, 9.17) is 4.43 Å². The van der Waals surface area contributed by atoms with Gasteiger partial charge in [-0.05, 0) is 30.3 Å². The molecule has 0 aromatic carbocycles. The van der Waals surface area contributed by atoms with Crippen molar-refractivity contribution < 1.29 is 4.43 Å². The highest BCUT2D eigenvalue weighted by Crippen LogP contribution is 2.36. The fourth-order valence-electron chi connectivity index (χ4n) is 0.886. The lowest BCUT2D eigenvalue weighted by atomic mass is 10.2. The Morgan fingerprint density at radius 2 is 1.67 bits per heavy atom. The van der Waals surface area contributed by atoms with Gasteiger partial charge in [-0.25, -0.2) is 0 Å². The number of halogens is 1. The SMILES string of the molecule is CC(C)(C)[Si](C)(C)OCCC#C/C=C\C#CCBr. The van der Waals surface area contributed by atoms with Crippen molar-refractivity contribution in [3.63, 3.8) is 0 Å². The van der Waals surface area contributed by atoms with Crippen LogP contribution in [0, 0.1) is 23.7 Å². The van der Waals surface area contributed by atoms with Crippen LogP contribution < -0.4 is 0 Å².